The number of aromatic nitrogens is 2. The second-order valence-electron chi connectivity index (χ2n) is 5.96. The van der Waals surface area contributed by atoms with E-state index in [1.807, 2.05) is 12.1 Å². The van der Waals surface area contributed by atoms with Crippen LogP contribution < -0.4 is 0 Å². The number of hydrogen-bond donors (Lipinski definition) is 1. The molecule has 0 amide bonds. The Kier molecular flexibility index (Phi) is 3.41. The van der Waals surface area contributed by atoms with Crippen molar-refractivity contribution in [2.45, 2.75) is 18.8 Å². The second-order valence-corrected chi connectivity index (χ2v) is 5.96. The lowest BCUT2D eigenvalue weighted by Gasteiger charge is -2.23. The number of para-hydroxylation sites is 2. The van der Waals surface area contributed by atoms with Crippen molar-refractivity contribution in [2.24, 2.45) is 0 Å². The molecule has 0 saturated heterocycles. The molecule has 2 aromatic carbocycles. The summed E-state index contributed by atoms with van der Waals surface area (Å²) in [7, 11) is 0. The Morgan fingerprint density at radius 1 is 1.08 bits per heavy atom. The Balaban J connectivity index is 1.80. The molecule has 0 saturated carbocycles. The van der Waals surface area contributed by atoms with Crippen molar-refractivity contribution in [3.8, 4) is 11.4 Å². The number of carbonyl (C=O) groups is 1. The smallest absolute Gasteiger partial charge is 0.166 e. The monoisotopic (exact) mass is 322 g/mol. The highest BCUT2D eigenvalue weighted by atomic mass is 19.1. The fraction of sp³-hybridized carbons (Fsp3) is 0.158. The van der Waals surface area contributed by atoms with E-state index < -0.39 is 0 Å². The van der Waals surface area contributed by atoms with Gasteiger partial charge in [0.15, 0.2) is 5.78 Å². The average molecular weight is 322 g/mol. The Bertz CT molecular complexity index is 933. The molecular weight excluding hydrogens is 307 g/mol. The summed E-state index contributed by atoms with van der Waals surface area (Å²) in [4.78, 5) is 12.5. The molecule has 5 heteroatoms. The summed E-state index contributed by atoms with van der Waals surface area (Å²) >= 11 is 0. The zero-order valence-electron chi connectivity index (χ0n) is 12.8. The van der Waals surface area contributed by atoms with Crippen molar-refractivity contribution in [1.29, 1.82) is 0 Å². The maximum absolute atomic E-state index is 14.1. The van der Waals surface area contributed by atoms with E-state index in [9.17, 15) is 14.3 Å². The van der Waals surface area contributed by atoms with Gasteiger partial charge in [-0.1, -0.05) is 30.3 Å². The summed E-state index contributed by atoms with van der Waals surface area (Å²) < 4.78 is 15.6. The summed E-state index contributed by atoms with van der Waals surface area (Å²) in [5.74, 6) is -0.392. The van der Waals surface area contributed by atoms with Crippen molar-refractivity contribution >= 4 is 5.78 Å². The molecule has 4 nitrogen and oxygen atoms in total. The molecular formula is C19H15FN2O2. The number of aromatic hydroxyl groups is 1. The molecule has 24 heavy (non-hydrogen) atoms. The molecule has 0 unspecified atom stereocenters. The van der Waals surface area contributed by atoms with Crippen molar-refractivity contribution in [3.63, 3.8) is 0 Å². The Labute approximate surface area is 138 Å². The summed E-state index contributed by atoms with van der Waals surface area (Å²) in [6.45, 7) is 0. The lowest BCUT2D eigenvalue weighted by molar-refractivity contribution is 0.0963. The fourth-order valence-corrected chi connectivity index (χ4v) is 3.33. The van der Waals surface area contributed by atoms with Crippen LogP contribution in [0.4, 0.5) is 4.39 Å². The van der Waals surface area contributed by atoms with Crippen LogP contribution in [0.3, 0.4) is 0 Å². The van der Waals surface area contributed by atoms with Crippen LogP contribution in [-0.4, -0.2) is 20.7 Å². The Hall–Kier alpha value is -2.95. The SMILES string of the molecule is O=C1C[C@@H](c2ccccc2O)Cc2c1cnn2-c1ccccc1F. The van der Waals surface area contributed by atoms with Gasteiger partial charge in [0.05, 0.1) is 17.5 Å². The lowest BCUT2D eigenvalue weighted by atomic mass is 9.82. The third kappa shape index (κ3) is 2.29. The van der Waals surface area contributed by atoms with Gasteiger partial charge in [0.25, 0.3) is 0 Å². The number of benzene rings is 2. The Morgan fingerprint density at radius 2 is 1.83 bits per heavy atom. The maximum atomic E-state index is 14.1. The number of halogens is 1. The van der Waals surface area contributed by atoms with Gasteiger partial charge >= 0.3 is 0 Å². The van der Waals surface area contributed by atoms with Gasteiger partial charge in [0.2, 0.25) is 0 Å². The molecule has 0 fully saturated rings. The van der Waals surface area contributed by atoms with Crippen LogP contribution in [0.2, 0.25) is 0 Å². The number of ketones is 1. The molecule has 1 aliphatic rings. The van der Waals surface area contributed by atoms with Crippen LogP contribution in [0.15, 0.2) is 54.7 Å². The molecule has 0 aliphatic heterocycles. The van der Waals surface area contributed by atoms with E-state index in [1.165, 1.54) is 16.9 Å². The number of nitrogens with zero attached hydrogens (tertiary/aromatic N) is 2. The molecule has 120 valence electrons. The van der Waals surface area contributed by atoms with Gasteiger partial charge in [-0.05, 0) is 30.2 Å². The van der Waals surface area contributed by atoms with Crippen LogP contribution in [0.25, 0.3) is 5.69 Å². The van der Waals surface area contributed by atoms with Crippen LogP contribution in [0.5, 0.6) is 5.75 Å². The molecule has 1 N–H and O–H groups in total. The molecule has 1 atom stereocenters. The van der Waals surface area contributed by atoms with E-state index in [-0.39, 0.29) is 23.3 Å². The van der Waals surface area contributed by atoms with Crippen LogP contribution in [0.1, 0.15) is 34.0 Å². The first-order valence-electron chi connectivity index (χ1n) is 7.78. The molecule has 0 bridgehead atoms. The molecule has 3 aromatic rings. The standard InChI is InChI=1S/C19H15FN2O2/c20-15-6-2-3-7-16(15)22-17-9-12(10-19(24)14(17)11-21-22)13-5-1-4-8-18(13)23/h1-8,11-12,23H,9-10H2/t12-/m0/s1. The molecule has 4 rings (SSSR count). The summed E-state index contributed by atoms with van der Waals surface area (Å²) in [6.07, 6.45) is 2.34. The number of carbonyl (C=O) groups excluding carboxylic acids is 1. The second kappa shape index (κ2) is 5.60. The minimum atomic E-state index is -0.388. The largest absolute Gasteiger partial charge is 0.508 e. The number of Topliss-reactive ketones (excluding diaryl/α,β-unsaturated/α-hetero) is 1. The first-order valence-corrected chi connectivity index (χ1v) is 7.78. The third-order valence-corrected chi connectivity index (χ3v) is 4.50. The van der Waals surface area contributed by atoms with Gasteiger partial charge in [-0.25, -0.2) is 9.07 Å². The Morgan fingerprint density at radius 3 is 2.62 bits per heavy atom. The van der Waals surface area contributed by atoms with E-state index in [4.69, 9.17) is 0 Å². The molecule has 1 aliphatic carbocycles. The van der Waals surface area contributed by atoms with Crippen molar-refractivity contribution in [2.75, 3.05) is 0 Å². The predicted octanol–water partition coefficient (Wildman–Crippen LogP) is 3.63. The zero-order chi connectivity index (χ0) is 16.7. The molecule has 0 spiro atoms. The van der Waals surface area contributed by atoms with Crippen LogP contribution >= 0.6 is 0 Å². The number of phenolic OH excluding ortho intramolecular Hbond substituents is 1. The van der Waals surface area contributed by atoms with Crippen LogP contribution in [0, 0.1) is 5.82 Å². The number of hydrogen-bond acceptors (Lipinski definition) is 3. The van der Waals surface area contributed by atoms with Crippen LogP contribution in [-0.2, 0) is 6.42 Å². The van der Waals surface area contributed by atoms with E-state index in [1.54, 1.807) is 30.3 Å². The zero-order valence-corrected chi connectivity index (χ0v) is 12.8. The van der Waals surface area contributed by atoms with Gasteiger partial charge in [0.1, 0.15) is 17.3 Å². The summed E-state index contributed by atoms with van der Waals surface area (Å²) in [5, 5.41) is 14.3. The quantitative estimate of drug-likeness (QED) is 0.784. The van der Waals surface area contributed by atoms with Gasteiger partial charge in [0, 0.05) is 12.3 Å². The number of phenols is 1. The summed E-state index contributed by atoms with van der Waals surface area (Å²) in [6, 6.07) is 13.4. The highest BCUT2D eigenvalue weighted by molar-refractivity contribution is 5.98. The van der Waals surface area contributed by atoms with Crippen molar-refractivity contribution in [3.05, 3.63) is 77.4 Å². The highest BCUT2D eigenvalue weighted by Crippen LogP contribution is 2.37. The number of fused-ring (bicyclic) bond motifs is 1. The minimum Gasteiger partial charge on any atom is -0.508 e. The van der Waals surface area contributed by atoms with E-state index in [2.05, 4.69) is 5.10 Å². The first kappa shape index (κ1) is 14.6. The highest BCUT2D eigenvalue weighted by Gasteiger charge is 2.31. The summed E-state index contributed by atoms with van der Waals surface area (Å²) in [5.41, 5.74) is 2.27. The van der Waals surface area contributed by atoms with Gasteiger partial charge in [-0.15, -0.1) is 0 Å². The van der Waals surface area contributed by atoms with E-state index in [0.717, 1.165) is 5.56 Å². The molecule has 1 heterocycles. The lowest BCUT2D eigenvalue weighted by Crippen LogP contribution is -2.20. The van der Waals surface area contributed by atoms with Gasteiger partial charge in [-0.3, -0.25) is 4.79 Å². The fourth-order valence-electron chi connectivity index (χ4n) is 3.33. The maximum Gasteiger partial charge on any atom is 0.166 e. The first-order chi connectivity index (χ1) is 11.6. The molecule has 0 radical (unpaired) electrons. The predicted molar refractivity (Wildman–Crippen MR) is 87.0 cm³/mol. The topological polar surface area (TPSA) is 55.1 Å². The minimum absolute atomic E-state index is 0.0351. The van der Waals surface area contributed by atoms with E-state index in [0.29, 0.717) is 29.8 Å². The van der Waals surface area contributed by atoms with Crippen molar-refractivity contribution in [1.82, 2.24) is 9.78 Å². The normalized spacial score (nSPS) is 16.9. The molecule has 1 aromatic heterocycles. The third-order valence-electron chi connectivity index (χ3n) is 4.50. The number of rotatable bonds is 2. The van der Waals surface area contributed by atoms with E-state index >= 15 is 0 Å². The van der Waals surface area contributed by atoms with Gasteiger partial charge in [-0.2, -0.15) is 5.10 Å². The van der Waals surface area contributed by atoms with Gasteiger partial charge < -0.3 is 5.11 Å². The average Bonchev–Trinajstić information content (AvgIpc) is 3.00. The van der Waals surface area contributed by atoms with Crippen molar-refractivity contribution < 1.29 is 14.3 Å².